The van der Waals surface area contributed by atoms with E-state index >= 15 is 0 Å². The molecule has 2 aromatic rings. The second-order valence-corrected chi connectivity index (χ2v) is 8.94. The molecule has 2 aromatic carbocycles. The fourth-order valence-corrected chi connectivity index (χ4v) is 4.77. The van der Waals surface area contributed by atoms with Gasteiger partial charge in [-0.1, -0.05) is 30.3 Å². The zero-order valence-electron chi connectivity index (χ0n) is 15.3. The minimum Gasteiger partial charge on any atom is -0.489 e. The first-order chi connectivity index (χ1) is 12.9. The van der Waals surface area contributed by atoms with Crippen LogP contribution in [0.5, 0.6) is 5.75 Å². The van der Waals surface area contributed by atoms with E-state index in [0.29, 0.717) is 13.0 Å². The first-order valence-electron chi connectivity index (χ1n) is 8.90. The SMILES string of the molecule is CN(C(=O)CNc1ccc(OCc2ccccc2)cc1)C1CCS(=O)(=O)C1. The molecule has 0 spiro atoms. The summed E-state index contributed by atoms with van der Waals surface area (Å²) in [5.41, 5.74) is 1.91. The average Bonchev–Trinajstić information content (AvgIpc) is 3.05. The number of carbonyl (C=O) groups excluding carboxylic acids is 1. The van der Waals surface area contributed by atoms with Crippen LogP contribution in [0.15, 0.2) is 54.6 Å². The summed E-state index contributed by atoms with van der Waals surface area (Å²) in [7, 11) is -1.34. The highest BCUT2D eigenvalue weighted by atomic mass is 32.2. The van der Waals surface area contributed by atoms with Gasteiger partial charge in [0.1, 0.15) is 12.4 Å². The van der Waals surface area contributed by atoms with Gasteiger partial charge in [-0.3, -0.25) is 4.79 Å². The molecule has 0 aromatic heterocycles. The number of amides is 1. The van der Waals surface area contributed by atoms with Crippen molar-refractivity contribution < 1.29 is 17.9 Å². The Bertz CT molecular complexity index is 867. The quantitative estimate of drug-likeness (QED) is 0.788. The van der Waals surface area contributed by atoms with Gasteiger partial charge in [-0.05, 0) is 36.2 Å². The van der Waals surface area contributed by atoms with Gasteiger partial charge in [0.2, 0.25) is 5.91 Å². The van der Waals surface area contributed by atoms with Crippen molar-refractivity contribution >= 4 is 21.4 Å². The molecule has 7 heteroatoms. The number of hydrogen-bond donors (Lipinski definition) is 1. The van der Waals surface area contributed by atoms with E-state index < -0.39 is 9.84 Å². The molecule has 1 aliphatic heterocycles. The molecule has 144 valence electrons. The van der Waals surface area contributed by atoms with Crippen molar-refractivity contribution in [1.82, 2.24) is 4.90 Å². The Morgan fingerprint density at radius 3 is 2.48 bits per heavy atom. The van der Waals surface area contributed by atoms with Gasteiger partial charge in [-0.15, -0.1) is 0 Å². The number of rotatable bonds is 7. The minimum absolute atomic E-state index is 0.0582. The number of carbonyl (C=O) groups is 1. The first kappa shape index (κ1) is 19.2. The predicted molar refractivity (Wildman–Crippen MR) is 106 cm³/mol. The molecule has 1 unspecified atom stereocenters. The molecular formula is C20H24N2O4S. The molecule has 0 radical (unpaired) electrons. The number of likely N-dealkylation sites (N-methyl/N-ethyl adjacent to an activating group) is 1. The minimum atomic E-state index is -3.00. The lowest BCUT2D eigenvalue weighted by molar-refractivity contribution is -0.129. The van der Waals surface area contributed by atoms with Gasteiger partial charge in [0.25, 0.3) is 0 Å². The van der Waals surface area contributed by atoms with Crippen LogP contribution in [0.3, 0.4) is 0 Å². The molecule has 1 fully saturated rings. The smallest absolute Gasteiger partial charge is 0.241 e. The molecule has 0 aliphatic carbocycles. The molecular weight excluding hydrogens is 364 g/mol. The second-order valence-electron chi connectivity index (χ2n) is 6.71. The van der Waals surface area contributed by atoms with Gasteiger partial charge in [0, 0.05) is 18.8 Å². The van der Waals surface area contributed by atoms with Crippen molar-refractivity contribution in [2.45, 2.75) is 19.1 Å². The summed E-state index contributed by atoms with van der Waals surface area (Å²) in [6.45, 7) is 0.623. The summed E-state index contributed by atoms with van der Waals surface area (Å²) >= 11 is 0. The molecule has 1 heterocycles. The molecule has 3 rings (SSSR count). The maximum atomic E-state index is 12.3. The lowest BCUT2D eigenvalue weighted by Crippen LogP contribution is -2.40. The lowest BCUT2D eigenvalue weighted by Gasteiger charge is -2.23. The highest BCUT2D eigenvalue weighted by Crippen LogP contribution is 2.18. The van der Waals surface area contributed by atoms with E-state index in [1.807, 2.05) is 54.6 Å². The summed E-state index contributed by atoms with van der Waals surface area (Å²) < 4.78 is 28.9. The fraction of sp³-hybridized carbons (Fsp3) is 0.350. The monoisotopic (exact) mass is 388 g/mol. The summed E-state index contributed by atoms with van der Waals surface area (Å²) in [6, 6.07) is 17.1. The van der Waals surface area contributed by atoms with Crippen molar-refractivity contribution in [3.63, 3.8) is 0 Å². The van der Waals surface area contributed by atoms with Crippen molar-refractivity contribution in [3.8, 4) is 5.75 Å². The number of anilines is 1. The number of nitrogens with one attached hydrogen (secondary N) is 1. The van der Waals surface area contributed by atoms with Gasteiger partial charge < -0.3 is 15.0 Å². The van der Waals surface area contributed by atoms with Gasteiger partial charge in [0.05, 0.1) is 18.1 Å². The van der Waals surface area contributed by atoms with Crippen LogP contribution >= 0.6 is 0 Å². The molecule has 1 aliphatic rings. The van der Waals surface area contributed by atoms with E-state index in [9.17, 15) is 13.2 Å². The van der Waals surface area contributed by atoms with E-state index in [1.54, 1.807) is 7.05 Å². The number of benzene rings is 2. The molecule has 6 nitrogen and oxygen atoms in total. The fourth-order valence-electron chi connectivity index (χ4n) is 3.00. The van der Waals surface area contributed by atoms with Crippen molar-refractivity contribution in [2.24, 2.45) is 0 Å². The van der Waals surface area contributed by atoms with Gasteiger partial charge >= 0.3 is 0 Å². The van der Waals surface area contributed by atoms with Gasteiger partial charge in [-0.25, -0.2) is 8.42 Å². The Morgan fingerprint density at radius 1 is 1.15 bits per heavy atom. The lowest BCUT2D eigenvalue weighted by atomic mass is 10.2. The molecule has 0 bridgehead atoms. The Morgan fingerprint density at radius 2 is 1.85 bits per heavy atom. The van der Waals surface area contributed by atoms with Crippen molar-refractivity contribution in [3.05, 3.63) is 60.2 Å². The van der Waals surface area contributed by atoms with Crippen molar-refractivity contribution in [2.75, 3.05) is 30.4 Å². The van der Waals surface area contributed by atoms with Crippen LogP contribution < -0.4 is 10.1 Å². The first-order valence-corrected chi connectivity index (χ1v) is 10.7. The highest BCUT2D eigenvalue weighted by Gasteiger charge is 2.32. The summed E-state index contributed by atoms with van der Waals surface area (Å²) in [4.78, 5) is 13.8. The van der Waals surface area contributed by atoms with E-state index in [2.05, 4.69) is 5.32 Å². The Hall–Kier alpha value is -2.54. The molecule has 1 N–H and O–H groups in total. The van der Waals surface area contributed by atoms with Gasteiger partial charge in [-0.2, -0.15) is 0 Å². The molecule has 0 saturated carbocycles. The van der Waals surface area contributed by atoms with Crippen LogP contribution in [0.25, 0.3) is 0 Å². The number of ether oxygens (including phenoxy) is 1. The summed E-state index contributed by atoms with van der Waals surface area (Å²) in [5.74, 6) is 0.848. The van der Waals surface area contributed by atoms with Crippen molar-refractivity contribution in [1.29, 1.82) is 0 Å². The van der Waals surface area contributed by atoms with Crippen LogP contribution in [0.4, 0.5) is 5.69 Å². The molecule has 27 heavy (non-hydrogen) atoms. The molecule has 1 saturated heterocycles. The zero-order valence-corrected chi connectivity index (χ0v) is 16.1. The third kappa shape index (κ3) is 5.47. The zero-order chi connectivity index (χ0) is 19.3. The standard InChI is InChI=1S/C20H24N2O4S/c1-22(18-11-12-27(24,25)15-18)20(23)13-21-17-7-9-19(10-8-17)26-14-16-5-3-2-4-6-16/h2-10,18,21H,11-15H2,1H3. The normalized spacial score (nSPS) is 18.0. The molecule has 1 atom stereocenters. The van der Waals surface area contributed by atoms with E-state index in [4.69, 9.17) is 4.74 Å². The van der Waals surface area contributed by atoms with E-state index in [-0.39, 0.29) is 30.0 Å². The maximum absolute atomic E-state index is 12.3. The number of hydrogen-bond acceptors (Lipinski definition) is 5. The van der Waals surface area contributed by atoms with E-state index in [0.717, 1.165) is 17.0 Å². The summed E-state index contributed by atoms with van der Waals surface area (Å²) in [6.07, 6.45) is 0.512. The van der Waals surface area contributed by atoms with Crippen LogP contribution in [-0.4, -0.2) is 50.4 Å². The maximum Gasteiger partial charge on any atom is 0.241 e. The van der Waals surface area contributed by atoms with Crippen LogP contribution in [0.2, 0.25) is 0 Å². The largest absolute Gasteiger partial charge is 0.489 e. The molecule has 1 amide bonds. The Labute approximate surface area is 160 Å². The van der Waals surface area contributed by atoms with Gasteiger partial charge in [0.15, 0.2) is 9.84 Å². The number of sulfone groups is 1. The third-order valence-electron chi connectivity index (χ3n) is 4.70. The Balaban J connectivity index is 1.46. The van der Waals surface area contributed by atoms with Crippen LogP contribution in [0.1, 0.15) is 12.0 Å². The second kappa shape index (κ2) is 8.43. The predicted octanol–water partition coefficient (Wildman–Crippen LogP) is 2.32. The topological polar surface area (TPSA) is 75.7 Å². The third-order valence-corrected chi connectivity index (χ3v) is 6.45. The Kier molecular flexibility index (Phi) is 6.01. The number of nitrogens with zero attached hydrogens (tertiary/aromatic N) is 1. The average molecular weight is 388 g/mol. The van der Waals surface area contributed by atoms with E-state index in [1.165, 1.54) is 4.90 Å². The highest BCUT2D eigenvalue weighted by molar-refractivity contribution is 7.91. The van der Waals surface area contributed by atoms with Crippen LogP contribution in [0, 0.1) is 0 Å². The van der Waals surface area contributed by atoms with Crippen LogP contribution in [-0.2, 0) is 21.2 Å². The summed E-state index contributed by atoms with van der Waals surface area (Å²) in [5, 5.41) is 3.07.